The van der Waals surface area contributed by atoms with E-state index in [1.165, 1.54) is 13.8 Å². The summed E-state index contributed by atoms with van der Waals surface area (Å²) in [5.41, 5.74) is -3.45. The van der Waals surface area contributed by atoms with Crippen molar-refractivity contribution < 1.29 is 19.8 Å². The normalized spacial score (nSPS) is 54.0. The van der Waals surface area contributed by atoms with Gasteiger partial charge >= 0.3 is 0 Å². The molecule has 0 spiro atoms. The molecule has 2 bridgehead atoms. The minimum absolute atomic E-state index is 0.233. The molecule has 120 valence electrons. The first-order chi connectivity index (χ1) is 9.82. The van der Waals surface area contributed by atoms with Gasteiger partial charge in [0.2, 0.25) is 0 Å². The molecule has 4 aliphatic carbocycles. The van der Waals surface area contributed by atoms with Crippen LogP contribution < -0.4 is 0 Å². The molecule has 2 N–H and O–H groups in total. The molecule has 22 heavy (non-hydrogen) atoms. The second-order valence-corrected chi connectivity index (χ2v) is 8.11. The fourth-order valence-electron chi connectivity index (χ4n) is 5.58. The van der Waals surface area contributed by atoms with Crippen LogP contribution in [0.25, 0.3) is 0 Å². The van der Waals surface area contributed by atoms with Crippen LogP contribution in [0.5, 0.6) is 0 Å². The van der Waals surface area contributed by atoms with E-state index in [-0.39, 0.29) is 11.6 Å². The number of carbonyl (C=O) groups excluding carboxylic acids is 2. The summed E-state index contributed by atoms with van der Waals surface area (Å²) in [6, 6.07) is 0. The molecular formula is C18H24O4. The number of fused-ring (bicyclic) bond motifs is 1. The maximum absolute atomic E-state index is 12.9. The van der Waals surface area contributed by atoms with Crippen molar-refractivity contribution in [2.45, 2.75) is 52.7 Å². The Morgan fingerprint density at radius 1 is 0.955 bits per heavy atom. The van der Waals surface area contributed by atoms with Crippen molar-refractivity contribution in [3.8, 4) is 0 Å². The lowest BCUT2D eigenvalue weighted by Crippen LogP contribution is -2.74. The Hall–Kier alpha value is -1.26. The van der Waals surface area contributed by atoms with Gasteiger partial charge in [-0.1, -0.05) is 24.6 Å². The maximum atomic E-state index is 12.9. The molecule has 4 aliphatic rings. The van der Waals surface area contributed by atoms with E-state index < -0.39 is 33.9 Å². The summed E-state index contributed by atoms with van der Waals surface area (Å²) in [4.78, 5) is 25.5. The van der Waals surface area contributed by atoms with Crippen LogP contribution in [-0.4, -0.2) is 33.0 Å². The van der Waals surface area contributed by atoms with E-state index in [1.54, 1.807) is 6.92 Å². The van der Waals surface area contributed by atoms with E-state index in [1.807, 2.05) is 32.9 Å². The Balaban J connectivity index is 2.41. The number of hydrogen-bond donors (Lipinski definition) is 2. The van der Waals surface area contributed by atoms with E-state index in [0.29, 0.717) is 5.57 Å². The van der Waals surface area contributed by atoms with Crippen LogP contribution in [0.1, 0.15) is 41.5 Å². The maximum Gasteiger partial charge on any atom is 0.189 e. The van der Waals surface area contributed by atoms with Crippen molar-refractivity contribution >= 4 is 11.6 Å². The highest BCUT2D eigenvalue weighted by Crippen LogP contribution is 2.67. The number of allylic oxidation sites excluding steroid dienone is 2. The van der Waals surface area contributed by atoms with Crippen molar-refractivity contribution in [2.75, 3.05) is 0 Å². The number of carbonyl (C=O) groups is 2. The van der Waals surface area contributed by atoms with Gasteiger partial charge in [-0.25, -0.2) is 0 Å². The van der Waals surface area contributed by atoms with Crippen LogP contribution in [-0.2, 0) is 9.59 Å². The highest BCUT2D eigenvalue weighted by molar-refractivity contribution is 6.05. The van der Waals surface area contributed by atoms with Crippen molar-refractivity contribution in [1.82, 2.24) is 0 Å². The summed E-state index contributed by atoms with van der Waals surface area (Å²) in [7, 11) is 0. The average Bonchev–Trinajstić information content (AvgIpc) is 2.37. The monoisotopic (exact) mass is 304 g/mol. The lowest BCUT2D eigenvalue weighted by molar-refractivity contribution is -0.203. The molecule has 6 atom stereocenters. The van der Waals surface area contributed by atoms with Gasteiger partial charge in [-0.05, 0) is 40.2 Å². The summed E-state index contributed by atoms with van der Waals surface area (Å²) in [5, 5.41) is 21.9. The van der Waals surface area contributed by atoms with Gasteiger partial charge in [-0.15, -0.1) is 0 Å². The van der Waals surface area contributed by atoms with Crippen molar-refractivity contribution in [1.29, 1.82) is 0 Å². The van der Waals surface area contributed by atoms with E-state index in [9.17, 15) is 19.8 Å². The first-order valence-electron chi connectivity index (χ1n) is 7.75. The SMILES string of the molecule is CC1=CC2(C)C(C3C(C)=CC2(C)C(=O)C3(C)O)C(C)(O)C1=O. The van der Waals surface area contributed by atoms with Crippen molar-refractivity contribution in [3.63, 3.8) is 0 Å². The number of Topliss-reactive ketones (excluding diaryl/α,β-unsaturated/α-hetero) is 2. The van der Waals surface area contributed by atoms with Gasteiger partial charge in [0.05, 0.1) is 5.41 Å². The van der Waals surface area contributed by atoms with Crippen LogP contribution in [0, 0.1) is 22.7 Å². The topological polar surface area (TPSA) is 74.6 Å². The quantitative estimate of drug-likeness (QED) is 0.669. The van der Waals surface area contributed by atoms with Gasteiger partial charge in [0.15, 0.2) is 11.6 Å². The molecule has 0 saturated heterocycles. The molecule has 4 heteroatoms. The zero-order chi connectivity index (χ0) is 16.9. The van der Waals surface area contributed by atoms with Crippen LogP contribution in [0.3, 0.4) is 0 Å². The number of ketones is 2. The Morgan fingerprint density at radius 3 is 2.05 bits per heavy atom. The van der Waals surface area contributed by atoms with Gasteiger partial charge in [0, 0.05) is 17.3 Å². The van der Waals surface area contributed by atoms with Gasteiger partial charge in [0.1, 0.15) is 11.2 Å². The minimum Gasteiger partial charge on any atom is -0.382 e. The first-order valence-corrected chi connectivity index (χ1v) is 7.75. The standard InChI is InChI=1S/C18H24O4/c1-9-7-16(4)14(20)17(5,21)11(9)12-15(16,3)8-10(2)13(19)18(12,6)22/h7-8,11-12,21-22H,1-6H3. The van der Waals surface area contributed by atoms with E-state index in [2.05, 4.69) is 0 Å². The molecule has 0 aromatic rings. The fraction of sp³-hybridized carbons (Fsp3) is 0.667. The summed E-state index contributed by atoms with van der Waals surface area (Å²) < 4.78 is 0. The second kappa shape index (κ2) is 3.80. The molecule has 1 fully saturated rings. The Labute approximate surface area is 130 Å². The Kier molecular flexibility index (Phi) is 2.70. The fourth-order valence-corrected chi connectivity index (χ4v) is 5.58. The smallest absolute Gasteiger partial charge is 0.189 e. The summed E-state index contributed by atoms with van der Waals surface area (Å²) in [6.45, 7) is 10.3. The lowest BCUT2D eigenvalue weighted by Gasteiger charge is -2.66. The average molecular weight is 304 g/mol. The van der Waals surface area contributed by atoms with Crippen LogP contribution in [0.15, 0.2) is 23.3 Å². The predicted molar refractivity (Wildman–Crippen MR) is 82.0 cm³/mol. The van der Waals surface area contributed by atoms with Gasteiger partial charge < -0.3 is 10.2 Å². The Bertz CT molecular complexity index is 667. The molecule has 0 heterocycles. The molecule has 0 radical (unpaired) electrons. The van der Waals surface area contributed by atoms with Gasteiger partial charge in [0.25, 0.3) is 0 Å². The third-order valence-electron chi connectivity index (χ3n) is 6.58. The molecule has 4 nitrogen and oxygen atoms in total. The van der Waals surface area contributed by atoms with Crippen LogP contribution >= 0.6 is 0 Å². The molecule has 4 rings (SSSR count). The zero-order valence-electron chi connectivity index (χ0n) is 14.0. The molecule has 0 aliphatic heterocycles. The first kappa shape index (κ1) is 15.6. The largest absolute Gasteiger partial charge is 0.382 e. The molecule has 6 unspecified atom stereocenters. The minimum atomic E-state index is -1.60. The van der Waals surface area contributed by atoms with Crippen molar-refractivity contribution in [3.05, 3.63) is 23.3 Å². The van der Waals surface area contributed by atoms with Crippen LogP contribution in [0.2, 0.25) is 0 Å². The van der Waals surface area contributed by atoms with E-state index in [4.69, 9.17) is 0 Å². The van der Waals surface area contributed by atoms with Gasteiger partial charge in [-0.3, -0.25) is 9.59 Å². The third-order valence-corrected chi connectivity index (χ3v) is 6.58. The van der Waals surface area contributed by atoms with Gasteiger partial charge in [-0.2, -0.15) is 0 Å². The molecular weight excluding hydrogens is 280 g/mol. The summed E-state index contributed by atoms with van der Waals surface area (Å²) >= 11 is 0. The highest BCUT2D eigenvalue weighted by atomic mass is 16.3. The second-order valence-electron chi connectivity index (χ2n) is 8.11. The third kappa shape index (κ3) is 1.36. The zero-order valence-corrected chi connectivity index (χ0v) is 14.0. The van der Waals surface area contributed by atoms with Crippen LogP contribution in [0.4, 0.5) is 0 Å². The lowest BCUT2D eigenvalue weighted by atomic mass is 9.37. The molecule has 0 aromatic heterocycles. The van der Waals surface area contributed by atoms with E-state index >= 15 is 0 Å². The molecule has 0 amide bonds. The Morgan fingerprint density at radius 2 is 1.50 bits per heavy atom. The number of aliphatic hydroxyl groups is 2. The van der Waals surface area contributed by atoms with E-state index in [0.717, 1.165) is 5.57 Å². The molecule has 0 aromatic carbocycles. The summed E-state index contributed by atoms with van der Waals surface area (Å²) in [6.07, 6.45) is 3.76. The van der Waals surface area contributed by atoms with Crippen molar-refractivity contribution in [2.24, 2.45) is 22.7 Å². The highest BCUT2D eigenvalue weighted by Gasteiger charge is 2.73. The summed E-state index contributed by atoms with van der Waals surface area (Å²) in [5.74, 6) is -1.64. The predicted octanol–water partition coefficient (Wildman–Crippen LogP) is 1.80. The molecule has 1 saturated carbocycles. The number of rotatable bonds is 0. The number of hydrogen-bond acceptors (Lipinski definition) is 4.